The van der Waals surface area contributed by atoms with E-state index in [-0.39, 0.29) is 30.9 Å². The maximum Gasteiger partial charge on any atom is 0.263 e. The Hall–Kier alpha value is -3.04. The normalized spacial score (nSPS) is 21.1. The lowest BCUT2D eigenvalue weighted by atomic mass is 10.1. The Morgan fingerprint density at radius 3 is 2.87 bits per heavy atom. The van der Waals surface area contributed by atoms with Crippen LogP contribution in [0.1, 0.15) is 32.4 Å². The van der Waals surface area contributed by atoms with Gasteiger partial charge < -0.3 is 19.5 Å². The zero-order valence-corrected chi connectivity index (χ0v) is 17.0. The highest BCUT2D eigenvalue weighted by Gasteiger charge is 2.37. The molecule has 3 atom stereocenters. The molecule has 1 N–H and O–H groups in total. The van der Waals surface area contributed by atoms with E-state index < -0.39 is 0 Å². The van der Waals surface area contributed by atoms with Gasteiger partial charge in [0.15, 0.2) is 29.8 Å². The summed E-state index contributed by atoms with van der Waals surface area (Å²) in [5.74, 6) is 0.621. The fourth-order valence-corrected chi connectivity index (χ4v) is 3.64. The Morgan fingerprint density at radius 2 is 2.10 bits per heavy atom. The Bertz CT molecular complexity index is 993. The van der Waals surface area contributed by atoms with E-state index in [0.717, 1.165) is 19.3 Å². The van der Waals surface area contributed by atoms with E-state index in [1.165, 1.54) is 6.33 Å². The van der Waals surface area contributed by atoms with Crippen LogP contribution in [0.15, 0.2) is 43.0 Å². The van der Waals surface area contributed by atoms with Crippen molar-refractivity contribution in [2.75, 3.05) is 19.0 Å². The topological polar surface area (TPSA) is 100 Å². The minimum atomic E-state index is -0.330. The van der Waals surface area contributed by atoms with Crippen LogP contribution >= 0.6 is 0 Å². The highest BCUT2D eigenvalue weighted by molar-refractivity contribution is 5.97. The van der Waals surface area contributed by atoms with Gasteiger partial charge in [0, 0.05) is 13.5 Å². The number of amides is 1. The van der Waals surface area contributed by atoms with Gasteiger partial charge in [0.1, 0.15) is 18.2 Å². The Labute approximate surface area is 174 Å². The Balaban J connectivity index is 1.50. The summed E-state index contributed by atoms with van der Waals surface area (Å²) in [6.07, 6.45) is 5.61. The summed E-state index contributed by atoms with van der Waals surface area (Å²) in [5, 5.41) is 2.75. The molecule has 1 aliphatic rings. The van der Waals surface area contributed by atoms with Crippen LogP contribution in [0.25, 0.3) is 11.2 Å². The van der Waals surface area contributed by atoms with Gasteiger partial charge >= 0.3 is 0 Å². The van der Waals surface area contributed by atoms with Crippen molar-refractivity contribution in [2.45, 2.75) is 44.6 Å². The molecule has 3 aromatic rings. The SMILES string of the molecule is CCCC1CC(OC)C(n2cnc3c(NC(=O)COc4ccccc4)ncnc32)O1. The van der Waals surface area contributed by atoms with Gasteiger partial charge in [0.2, 0.25) is 0 Å². The largest absolute Gasteiger partial charge is 0.484 e. The second-order valence-electron chi connectivity index (χ2n) is 7.14. The van der Waals surface area contributed by atoms with Crippen molar-refractivity contribution in [3.05, 3.63) is 43.0 Å². The molecule has 1 aromatic carbocycles. The van der Waals surface area contributed by atoms with Gasteiger partial charge in [-0.1, -0.05) is 31.5 Å². The molecule has 158 valence electrons. The summed E-state index contributed by atoms with van der Waals surface area (Å²) in [6.45, 7) is 2.00. The standard InChI is InChI=1S/C21H25N5O4/c1-3-7-15-10-16(28-2)21(30-15)26-13-24-18-19(22-12-23-20(18)26)25-17(27)11-29-14-8-5-4-6-9-14/h4-6,8-9,12-13,15-16,21H,3,7,10-11H2,1-2H3,(H,22,23,25,27). The van der Waals surface area contributed by atoms with Crippen LogP contribution in [0.2, 0.25) is 0 Å². The third-order valence-electron chi connectivity index (χ3n) is 5.06. The summed E-state index contributed by atoms with van der Waals surface area (Å²) in [5.41, 5.74) is 1.07. The molecule has 1 aliphatic heterocycles. The molecule has 30 heavy (non-hydrogen) atoms. The van der Waals surface area contributed by atoms with Crippen LogP contribution in [0.3, 0.4) is 0 Å². The summed E-state index contributed by atoms with van der Waals surface area (Å²) in [4.78, 5) is 25.3. The van der Waals surface area contributed by atoms with Crippen molar-refractivity contribution in [3.8, 4) is 5.75 Å². The number of methoxy groups -OCH3 is 1. The van der Waals surface area contributed by atoms with Gasteiger partial charge in [-0.2, -0.15) is 0 Å². The first-order valence-electron chi connectivity index (χ1n) is 10.0. The lowest BCUT2D eigenvalue weighted by molar-refractivity contribution is -0.118. The molecular weight excluding hydrogens is 386 g/mol. The number of hydrogen-bond acceptors (Lipinski definition) is 7. The molecule has 3 unspecified atom stereocenters. The molecule has 1 amide bonds. The van der Waals surface area contributed by atoms with Crippen molar-refractivity contribution in [1.29, 1.82) is 0 Å². The number of nitrogens with one attached hydrogen (secondary N) is 1. The molecule has 1 saturated heterocycles. The van der Waals surface area contributed by atoms with Crippen molar-refractivity contribution < 1.29 is 19.0 Å². The van der Waals surface area contributed by atoms with Crippen LogP contribution < -0.4 is 10.1 Å². The van der Waals surface area contributed by atoms with Gasteiger partial charge in [-0.05, 0) is 18.6 Å². The maximum absolute atomic E-state index is 12.3. The van der Waals surface area contributed by atoms with Gasteiger partial charge in [-0.15, -0.1) is 0 Å². The molecule has 3 heterocycles. The van der Waals surface area contributed by atoms with Gasteiger partial charge in [0.05, 0.1) is 12.4 Å². The summed E-state index contributed by atoms with van der Waals surface area (Å²) >= 11 is 0. The second kappa shape index (κ2) is 9.19. The fourth-order valence-electron chi connectivity index (χ4n) is 3.64. The first-order chi connectivity index (χ1) is 14.7. The van der Waals surface area contributed by atoms with E-state index in [1.807, 2.05) is 22.8 Å². The van der Waals surface area contributed by atoms with Gasteiger partial charge in [-0.3, -0.25) is 9.36 Å². The summed E-state index contributed by atoms with van der Waals surface area (Å²) in [7, 11) is 1.68. The molecule has 0 aliphatic carbocycles. The van der Waals surface area contributed by atoms with E-state index in [0.29, 0.717) is 22.7 Å². The summed E-state index contributed by atoms with van der Waals surface area (Å²) < 4.78 is 19.2. The molecule has 9 nitrogen and oxygen atoms in total. The fraction of sp³-hybridized carbons (Fsp3) is 0.429. The van der Waals surface area contributed by atoms with Gasteiger partial charge in [0.25, 0.3) is 5.91 Å². The first-order valence-corrected chi connectivity index (χ1v) is 10.0. The minimum absolute atomic E-state index is 0.0915. The van der Waals surface area contributed by atoms with Crippen molar-refractivity contribution in [1.82, 2.24) is 19.5 Å². The number of rotatable bonds is 8. The highest BCUT2D eigenvalue weighted by Crippen LogP contribution is 2.35. The number of nitrogens with zero attached hydrogens (tertiary/aromatic N) is 4. The van der Waals surface area contributed by atoms with Crippen molar-refractivity contribution in [2.24, 2.45) is 0 Å². The third-order valence-corrected chi connectivity index (χ3v) is 5.06. The molecule has 9 heteroatoms. The van der Waals surface area contributed by atoms with E-state index >= 15 is 0 Å². The Morgan fingerprint density at radius 1 is 1.27 bits per heavy atom. The lowest BCUT2D eigenvalue weighted by Gasteiger charge is -2.19. The molecule has 0 saturated carbocycles. The summed E-state index contributed by atoms with van der Waals surface area (Å²) in [6, 6.07) is 9.15. The number of para-hydroxylation sites is 1. The average molecular weight is 411 g/mol. The van der Waals surface area contributed by atoms with Gasteiger partial charge in [-0.25, -0.2) is 15.0 Å². The number of hydrogen-bond donors (Lipinski definition) is 1. The predicted molar refractivity (Wildman–Crippen MR) is 110 cm³/mol. The number of benzene rings is 1. The Kier molecular flexibility index (Phi) is 6.20. The molecular formula is C21H25N5O4. The van der Waals surface area contributed by atoms with Crippen LogP contribution in [-0.2, 0) is 14.3 Å². The zero-order valence-electron chi connectivity index (χ0n) is 17.0. The van der Waals surface area contributed by atoms with Crippen LogP contribution in [0.5, 0.6) is 5.75 Å². The molecule has 0 radical (unpaired) electrons. The number of carbonyl (C=O) groups excluding carboxylic acids is 1. The predicted octanol–water partition coefficient (Wildman–Crippen LogP) is 2.95. The molecule has 4 rings (SSSR count). The van der Waals surface area contributed by atoms with Crippen molar-refractivity contribution >= 4 is 22.9 Å². The van der Waals surface area contributed by atoms with E-state index in [4.69, 9.17) is 14.2 Å². The number of aromatic nitrogens is 4. The minimum Gasteiger partial charge on any atom is -0.484 e. The van der Waals surface area contributed by atoms with Crippen LogP contribution in [-0.4, -0.2) is 51.4 Å². The van der Waals surface area contributed by atoms with Crippen molar-refractivity contribution in [3.63, 3.8) is 0 Å². The zero-order chi connectivity index (χ0) is 20.9. The second-order valence-corrected chi connectivity index (χ2v) is 7.14. The van der Waals surface area contributed by atoms with Crippen LogP contribution in [0.4, 0.5) is 5.82 Å². The highest BCUT2D eigenvalue weighted by atomic mass is 16.6. The number of imidazole rings is 1. The molecule has 0 spiro atoms. The number of fused-ring (bicyclic) bond motifs is 1. The van der Waals surface area contributed by atoms with E-state index in [1.54, 1.807) is 25.6 Å². The molecule has 2 aromatic heterocycles. The third kappa shape index (κ3) is 4.27. The quantitative estimate of drug-likeness (QED) is 0.608. The smallest absolute Gasteiger partial charge is 0.263 e. The maximum atomic E-state index is 12.3. The van der Waals surface area contributed by atoms with E-state index in [9.17, 15) is 4.79 Å². The van der Waals surface area contributed by atoms with E-state index in [2.05, 4.69) is 27.2 Å². The number of carbonyl (C=O) groups is 1. The number of anilines is 1. The lowest BCUT2D eigenvalue weighted by Crippen LogP contribution is -2.22. The number of ether oxygens (including phenoxy) is 3. The molecule has 1 fully saturated rings. The first kappa shape index (κ1) is 20.2. The average Bonchev–Trinajstić information content (AvgIpc) is 3.37. The molecule has 0 bridgehead atoms. The monoisotopic (exact) mass is 411 g/mol. The van der Waals surface area contributed by atoms with Crippen LogP contribution in [0, 0.1) is 0 Å².